The lowest BCUT2D eigenvalue weighted by atomic mass is 9.97. The maximum Gasteiger partial charge on any atom is 0.0783 e. The van der Waals surface area contributed by atoms with Crippen molar-refractivity contribution in [3.8, 4) is 22.3 Å². The molecule has 3 heterocycles. The Morgan fingerprint density at radius 2 is 0.897 bits per heavy atom. The Morgan fingerprint density at radius 1 is 0.397 bits per heavy atom. The lowest BCUT2D eigenvalue weighted by molar-refractivity contribution is 1.28. The Morgan fingerprint density at radius 3 is 1.53 bits per heavy atom. The maximum atomic E-state index is 9.38. The van der Waals surface area contributed by atoms with Crippen molar-refractivity contribution in [1.82, 2.24) is 8.97 Å². The van der Waals surface area contributed by atoms with Crippen molar-refractivity contribution in [3.63, 3.8) is 0 Å². The molecule has 1 N–H and O–H groups in total. The fourth-order valence-corrected chi connectivity index (χ4v) is 8.79. The van der Waals surface area contributed by atoms with E-state index < -0.39 is 0 Å². The van der Waals surface area contributed by atoms with Gasteiger partial charge in [-0.1, -0.05) is 182 Å². The molecule has 11 rings (SSSR count). The van der Waals surface area contributed by atoms with E-state index in [1.807, 2.05) is 18.2 Å². The fourth-order valence-electron chi connectivity index (χ4n) is 8.79. The molecule has 0 fully saturated rings. The van der Waals surface area contributed by atoms with E-state index in [-0.39, 0.29) is 0 Å². The number of nitrogens with one attached hydrogen (secondary N) is 1. The first-order valence-electron chi connectivity index (χ1n) is 19.8. The molecule has 8 aromatic carbocycles. The van der Waals surface area contributed by atoms with Crippen LogP contribution in [0.3, 0.4) is 0 Å². The third kappa shape index (κ3) is 5.56. The predicted molar refractivity (Wildman–Crippen MR) is 247 cm³/mol. The molecule has 58 heavy (non-hydrogen) atoms. The molecule has 0 aliphatic rings. The lowest BCUT2D eigenvalue weighted by Gasteiger charge is -2.11. The van der Waals surface area contributed by atoms with Crippen molar-refractivity contribution >= 4 is 77.4 Å². The Balaban J connectivity index is 1.11. The molecule has 0 unspecified atom stereocenters. The molecule has 0 radical (unpaired) electrons. The first-order valence-corrected chi connectivity index (χ1v) is 19.8. The Kier molecular flexibility index (Phi) is 7.97. The quantitative estimate of drug-likeness (QED) is 0.0959. The molecular formula is C55H37N3. The van der Waals surface area contributed by atoms with E-state index >= 15 is 0 Å². The average molecular weight is 740 g/mol. The molecule has 0 atom stereocenters. The summed E-state index contributed by atoms with van der Waals surface area (Å²) in [5.41, 5.74) is 13.8. The zero-order valence-corrected chi connectivity index (χ0v) is 31.7. The number of aromatic nitrogens is 2. The molecule has 3 heteroatoms. The van der Waals surface area contributed by atoms with Crippen LogP contribution in [-0.2, 0) is 0 Å². The van der Waals surface area contributed by atoms with Crippen LogP contribution in [0.4, 0.5) is 0 Å². The van der Waals surface area contributed by atoms with Crippen LogP contribution in [0.15, 0.2) is 212 Å². The lowest BCUT2D eigenvalue weighted by Crippen LogP contribution is -1.97. The van der Waals surface area contributed by atoms with Gasteiger partial charge in [-0.05, 0) is 74.7 Å². The smallest absolute Gasteiger partial charge is 0.0783 e. The minimum atomic E-state index is 0.451. The number of nitrogens with zero attached hydrogens (tertiary/aromatic N) is 2. The average Bonchev–Trinajstić information content (AvgIpc) is 3.85. The van der Waals surface area contributed by atoms with Gasteiger partial charge in [0.15, 0.2) is 0 Å². The monoisotopic (exact) mass is 739 g/mol. The van der Waals surface area contributed by atoms with Gasteiger partial charge in [0.1, 0.15) is 0 Å². The van der Waals surface area contributed by atoms with Crippen LogP contribution in [0.25, 0.3) is 93.9 Å². The summed E-state index contributed by atoms with van der Waals surface area (Å²) in [4.78, 5) is 0. The molecule has 0 saturated heterocycles. The molecule has 3 nitrogen and oxygen atoms in total. The summed E-state index contributed by atoms with van der Waals surface area (Å²) in [6, 6.07) is 71.0. The number of hydrogen-bond acceptors (Lipinski definition) is 1. The highest BCUT2D eigenvalue weighted by molar-refractivity contribution is 6.23. The van der Waals surface area contributed by atoms with Gasteiger partial charge < -0.3 is 14.4 Å². The number of pyridine rings is 1. The molecule has 0 aliphatic heterocycles. The van der Waals surface area contributed by atoms with Crippen LogP contribution < -0.4 is 0 Å². The zero-order chi connectivity index (χ0) is 38.6. The number of rotatable bonds is 7. The van der Waals surface area contributed by atoms with Crippen LogP contribution >= 0.6 is 0 Å². The van der Waals surface area contributed by atoms with E-state index in [0.717, 1.165) is 44.4 Å². The van der Waals surface area contributed by atoms with Crippen molar-refractivity contribution in [2.24, 2.45) is 0 Å². The van der Waals surface area contributed by atoms with Crippen LogP contribution in [-0.4, -0.2) is 14.7 Å². The summed E-state index contributed by atoms with van der Waals surface area (Å²) < 4.78 is 4.82. The van der Waals surface area contributed by atoms with E-state index in [9.17, 15) is 5.41 Å². The van der Waals surface area contributed by atoms with E-state index in [4.69, 9.17) is 0 Å². The van der Waals surface area contributed by atoms with E-state index in [0.29, 0.717) is 5.71 Å². The molecule has 0 amide bonds. The summed E-state index contributed by atoms with van der Waals surface area (Å²) in [5.74, 6) is 0. The standard InChI is InChI=1S/C55H37N3/c56-50(42-29-27-40(28-30-42)38-15-5-2-6-16-38)35-43(41-25-23-39(24-26-41)37-13-3-1-4-14-37)33-34-57-51-21-11-9-20-48(51)49-32-31-44-36-53-47-19-8-7-17-45(47)46-18-10-12-22-52(46)58(53)54(44)55(49)57/h1-36,56H/b34-33+,43-35+,56-50?. The Hall–Kier alpha value is -7.75. The summed E-state index contributed by atoms with van der Waals surface area (Å²) in [6.45, 7) is 0. The van der Waals surface area contributed by atoms with Crippen LogP contribution in [0, 0.1) is 5.41 Å². The predicted octanol–water partition coefficient (Wildman–Crippen LogP) is 14.5. The summed E-state index contributed by atoms with van der Waals surface area (Å²) in [5, 5.41) is 16.7. The Bertz CT molecular complexity index is 3420. The van der Waals surface area contributed by atoms with Crippen LogP contribution in [0.2, 0.25) is 0 Å². The molecule has 0 saturated carbocycles. The third-order valence-electron chi connectivity index (χ3n) is 11.6. The van der Waals surface area contributed by atoms with Gasteiger partial charge in [0.05, 0.1) is 33.3 Å². The maximum absolute atomic E-state index is 9.38. The van der Waals surface area contributed by atoms with Gasteiger partial charge in [0.25, 0.3) is 0 Å². The molecule has 0 bridgehead atoms. The summed E-state index contributed by atoms with van der Waals surface area (Å²) in [6.07, 6.45) is 6.38. The first kappa shape index (κ1) is 33.6. The van der Waals surface area contributed by atoms with Gasteiger partial charge in [0.2, 0.25) is 0 Å². The number of fused-ring (bicyclic) bond motifs is 12. The highest BCUT2D eigenvalue weighted by Crippen LogP contribution is 2.40. The minimum Gasteiger partial charge on any atom is -0.314 e. The molecule has 0 aliphatic carbocycles. The van der Waals surface area contributed by atoms with Crippen molar-refractivity contribution in [2.45, 2.75) is 0 Å². The second-order valence-electron chi connectivity index (χ2n) is 14.9. The van der Waals surface area contributed by atoms with Crippen LogP contribution in [0.1, 0.15) is 11.1 Å². The van der Waals surface area contributed by atoms with Gasteiger partial charge in [-0.15, -0.1) is 0 Å². The summed E-state index contributed by atoms with van der Waals surface area (Å²) >= 11 is 0. The second kappa shape index (κ2) is 13.8. The van der Waals surface area contributed by atoms with E-state index in [1.54, 1.807) is 0 Å². The van der Waals surface area contributed by atoms with Gasteiger partial charge in [0, 0.05) is 33.1 Å². The second-order valence-corrected chi connectivity index (χ2v) is 14.9. The van der Waals surface area contributed by atoms with Crippen molar-refractivity contribution in [1.29, 1.82) is 5.41 Å². The first-order chi connectivity index (χ1) is 28.7. The van der Waals surface area contributed by atoms with E-state index in [2.05, 4.69) is 209 Å². The fraction of sp³-hybridized carbons (Fsp3) is 0. The number of benzene rings is 8. The topological polar surface area (TPSA) is 33.2 Å². The van der Waals surface area contributed by atoms with Crippen molar-refractivity contribution < 1.29 is 0 Å². The van der Waals surface area contributed by atoms with Gasteiger partial charge in [-0.25, -0.2) is 0 Å². The van der Waals surface area contributed by atoms with Gasteiger partial charge in [-0.2, -0.15) is 0 Å². The molecule has 272 valence electrons. The van der Waals surface area contributed by atoms with Crippen LogP contribution in [0.5, 0.6) is 0 Å². The highest BCUT2D eigenvalue weighted by Gasteiger charge is 2.18. The minimum absolute atomic E-state index is 0.451. The largest absolute Gasteiger partial charge is 0.314 e. The molecule has 0 spiro atoms. The number of allylic oxidation sites excluding steroid dienone is 3. The Labute approximate surface area is 336 Å². The van der Waals surface area contributed by atoms with Gasteiger partial charge in [-0.3, -0.25) is 0 Å². The van der Waals surface area contributed by atoms with Crippen molar-refractivity contribution in [2.75, 3.05) is 0 Å². The normalized spacial score (nSPS) is 12.2. The number of para-hydroxylation sites is 2. The SMILES string of the molecule is N=C(/C=C(\C=C\n1c2ccccc2c2ccc3cc4c5ccccc5c5ccccc5n4c3c21)c1ccc(-c2ccccc2)cc1)c1ccc(-c2ccccc2)cc1. The molecule has 11 aromatic rings. The number of hydrogen-bond donors (Lipinski definition) is 1. The summed E-state index contributed by atoms with van der Waals surface area (Å²) in [7, 11) is 0. The van der Waals surface area contributed by atoms with E-state index in [1.165, 1.54) is 54.4 Å². The molecule has 3 aromatic heterocycles. The highest BCUT2D eigenvalue weighted by atomic mass is 15.0. The third-order valence-corrected chi connectivity index (χ3v) is 11.6. The molecular weight excluding hydrogens is 703 g/mol. The van der Waals surface area contributed by atoms with Gasteiger partial charge >= 0.3 is 0 Å². The zero-order valence-electron chi connectivity index (χ0n) is 31.7. The van der Waals surface area contributed by atoms with Crippen molar-refractivity contribution in [3.05, 3.63) is 223 Å².